The minimum Gasteiger partial charge on any atom is -0.481 e. The fraction of sp³-hybridized carbons (Fsp3) is 0.769. The van der Waals surface area contributed by atoms with E-state index in [1.54, 1.807) is 0 Å². The van der Waals surface area contributed by atoms with Gasteiger partial charge in [-0.3, -0.25) is 14.4 Å². The summed E-state index contributed by atoms with van der Waals surface area (Å²) in [6, 6.07) is 0. The molecular weight excluding hydrogens is 264 g/mol. The summed E-state index contributed by atoms with van der Waals surface area (Å²) in [7, 11) is 0. The van der Waals surface area contributed by atoms with Gasteiger partial charge in [-0.15, -0.1) is 0 Å². The standard InChI is InChI=1S/C13H20N2O5/c16-10-2-1-9(7-14-10)11(17)15-8-13(12(18)19)3-5-20-6-4-13/h9H,1-8H2,(H,14,16)(H,15,17)(H,18,19). The van der Waals surface area contributed by atoms with Crippen molar-refractivity contribution in [3.05, 3.63) is 0 Å². The second-order valence-corrected chi connectivity index (χ2v) is 5.46. The lowest BCUT2D eigenvalue weighted by Crippen LogP contribution is -2.49. The zero-order valence-corrected chi connectivity index (χ0v) is 11.3. The van der Waals surface area contributed by atoms with Crippen LogP contribution in [0.3, 0.4) is 0 Å². The van der Waals surface area contributed by atoms with E-state index >= 15 is 0 Å². The minimum atomic E-state index is -0.925. The van der Waals surface area contributed by atoms with E-state index in [4.69, 9.17) is 4.74 Å². The number of nitrogens with one attached hydrogen (secondary N) is 2. The van der Waals surface area contributed by atoms with Gasteiger partial charge in [0.25, 0.3) is 0 Å². The second kappa shape index (κ2) is 6.21. The number of rotatable bonds is 4. The van der Waals surface area contributed by atoms with Crippen LogP contribution in [0.5, 0.6) is 0 Å². The number of piperidine rings is 1. The zero-order chi connectivity index (χ0) is 14.6. The molecule has 2 saturated heterocycles. The smallest absolute Gasteiger partial charge is 0.311 e. The van der Waals surface area contributed by atoms with Crippen molar-refractivity contribution in [2.75, 3.05) is 26.3 Å². The molecular formula is C13H20N2O5. The van der Waals surface area contributed by atoms with E-state index in [1.807, 2.05) is 0 Å². The van der Waals surface area contributed by atoms with Crippen molar-refractivity contribution in [2.24, 2.45) is 11.3 Å². The zero-order valence-electron chi connectivity index (χ0n) is 11.3. The molecule has 2 fully saturated rings. The van der Waals surface area contributed by atoms with Crippen LogP contribution in [-0.2, 0) is 19.1 Å². The molecule has 7 heteroatoms. The molecule has 0 radical (unpaired) electrons. The van der Waals surface area contributed by atoms with E-state index in [1.165, 1.54) is 0 Å². The lowest BCUT2D eigenvalue weighted by atomic mass is 9.80. The van der Waals surface area contributed by atoms with Crippen LogP contribution in [0.15, 0.2) is 0 Å². The van der Waals surface area contributed by atoms with Crippen LogP contribution in [0.2, 0.25) is 0 Å². The lowest BCUT2D eigenvalue weighted by molar-refractivity contribution is -0.154. The molecule has 2 rings (SSSR count). The first-order valence-corrected chi connectivity index (χ1v) is 6.89. The molecule has 3 N–H and O–H groups in total. The monoisotopic (exact) mass is 284 g/mol. The molecule has 2 aliphatic rings. The fourth-order valence-electron chi connectivity index (χ4n) is 2.59. The molecule has 0 spiro atoms. The van der Waals surface area contributed by atoms with Crippen LogP contribution in [0.4, 0.5) is 0 Å². The maximum Gasteiger partial charge on any atom is 0.311 e. The van der Waals surface area contributed by atoms with Gasteiger partial charge < -0.3 is 20.5 Å². The van der Waals surface area contributed by atoms with Gasteiger partial charge in [-0.25, -0.2) is 0 Å². The molecule has 0 aromatic heterocycles. The van der Waals surface area contributed by atoms with Crippen molar-refractivity contribution in [1.82, 2.24) is 10.6 Å². The first-order chi connectivity index (χ1) is 9.53. The summed E-state index contributed by atoms with van der Waals surface area (Å²) in [5, 5.41) is 14.8. The molecule has 112 valence electrons. The number of carboxylic acid groups (broad SMARTS) is 1. The summed E-state index contributed by atoms with van der Waals surface area (Å²) >= 11 is 0. The normalized spacial score (nSPS) is 25.6. The highest BCUT2D eigenvalue weighted by Crippen LogP contribution is 2.30. The van der Waals surface area contributed by atoms with Gasteiger partial charge in [-0.2, -0.15) is 0 Å². The van der Waals surface area contributed by atoms with Gasteiger partial charge >= 0.3 is 5.97 Å². The number of hydrogen-bond donors (Lipinski definition) is 3. The highest BCUT2D eigenvalue weighted by molar-refractivity contribution is 5.84. The second-order valence-electron chi connectivity index (χ2n) is 5.46. The van der Waals surface area contributed by atoms with E-state index in [-0.39, 0.29) is 24.3 Å². The summed E-state index contributed by atoms with van der Waals surface area (Å²) < 4.78 is 5.19. The third-order valence-corrected chi connectivity index (χ3v) is 4.14. The van der Waals surface area contributed by atoms with E-state index in [0.29, 0.717) is 45.4 Å². The maximum atomic E-state index is 12.0. The average Bonchev–Trinajstić information content (AvgIpc) is 2.46. The van der Waals surface area contributed by atoms with Crippen LogP contribution >= 0.6 is 0 Å². The highest BCUT2D eigenvalue weighted by Gasteiger charge is 2.41. The van der Waals surface area contributed by atoms with Crippen molar-refractivity contribution in [2.45, 2.75) is 25.7 Å². The van der Waals surface area contributed by atoms with Crippen molar-refractivity contribution in [1.29, 1.82) is 0 Å². The SMILES string of the molecule is O=C1CCC(C(=O)NCC2(C(=O)O)CCOCC2)CN1. The van der Waals surface area contributed by atoms with Crippen LogP contribution < -0.4 is 10.6 Å². The largest absolute Gasteiger partial charge is 0.481 e. The van der Waals surface area contributed by atoms with Crippen molar-refractivity contribution < 1.29 is 24.2 Å². The number of carbonyl (C=O) groups is 3. The molecule has 2 heterocycles. The first-order valence-electron chi connectivity index (χ1n) is 6.89. The Morgan fingerprint density at radius 1 is 1.40 bits per heavy atom. The summed E-state index contributed by atoms with van der Waals surface area (Å²) in [5.74, 6) is -1.38. The number of aliphatic carboxylic acids is 1. The van der Waals surface area contributed by atoms with Crippen LogP contribution in [-0.4, -0.2) is 49.2 Å². The number of hydrogen-bond acceptors (Lipinski definition) is 4. The van der Waals surface area contributed by atoms with Crippen molar-refractivity contribution >= 4 is 17.8 Å². The summed E-state index contributed by atoms with van der Waals surface area (Å²) in [5.41, 5.74) is -0.925. The molecule has 0 aromatic carbocycles. The van der Waals surface area contributed by atoms with E-state index < -0.39 is 11.4 Å². The maximum absolute atomic E-state index is 12.0. The number of amides is 2. The molecule has 0 aromatic rings. The van der Waals surface area contributed by atoms with E-state index in [0.717, 1.165) is 0 Å². The number of ether oxygens (including phenoxy) is 1. The molecule has 20 heavy (non-hydrogen) atoms. The van der Waals surface area contributed by atoms with E-state index in [9.17, 15) is 19.5 Å². The van der Waals surface area contributed by atoms with Gasteiger partial charge in [0.2, 0.25) is 11.8 Å². The summed E-state index contributed by atoms with van der Waals surface area (Å²) in [4.78, 5) is 34.5. The van der Waals surface area contributed by atoms with E-state index in [2.05, 4.69) is 10.6 Å². The highest BCUT2D eigenvalue weighted by atomic mass is 16.5. The average molecular weight is 284 g/mol. The summed E-state index contributed by atoms with van der Waals surface area (Å²) in [6.45, 7) is 1.26. The van der Waals surface area contributed by atoms with Gasteiger partial charge in [0, 0.05) is 32.7 Å². The number of carboxylic acids is 1. The summed E-state index contributed by atoms with van der Waals surface area (Å²) in [6.07, 6.45) is 1.67. The molecule has 0 bridgehead atoms. The molecule has 0 saturated carbocycles. The Bertz CT molecular complexity index is 394. The Morgan fingerprint density at radius 2 is 2.10 bits per heavy atom. The Kier molecular flexibility index (Phi) is 4.59. The Labute approximate surface area is 117 Å². The van der Waals surface area contributed by atoms with Crippen LogP contribution in [0.1, 0.15) is 25.7 Å². The molecule has 1 unspecified atom stereocenters. The Balaban J connectivity index is 1.87. The van der Waals surface area contributed by atoms with Crippen LogP contribution in [0, 0.1) is 11.3 Å². The van der Waals surface area contributed by atoms with Gasteiger partial charge in [-0.1, -0.05) is 0 Å². The van der Waals surface area contributed by atoms with Crippen LogP contribution in [0.25, 0.3) is 0 Å². The molecule has 2 aliphatic heterocycles. The topological polar surface area (TPSA) is 105 Å². The van der Waals surface area contributed by atoms with Gasteiger partial charge in [0.05, 0.1) is 11.3 Å². The minimum absolute atomic E-state index is 0.0412. The van der Waals surface area contributed by atoms with Gasteiger partial charge in [0.15, 0.2) is 0 Å². The lowest BCUT2D eigenvalue weighted by Gasteiger charge is -2.33. The van der Waals surface area contributed by atoms with Gasteiger partial charge in [-0.05, 0) is 19.3 Å². The number of carbonyl (C=O) groups excluding carboxylic acids is 2. The molecule has 1 atom stereocenters. The first kappa shape index (κ1) is 14.8. The molecule has 0 aliphatic carbocycles. The van der Waals surface area contributed by atoms with Crippen molar-refractivity contribution in [3.8, 4) is 0 Å². The fourth-order valence-corrected chi connectivity index (χ4v) is 2.59. The molecule has 2 amide bonds. The Morgan fingerprint density at radius 3 is 2.65 bits per heavy atom. The van der Waals surface area contributed by atoms with Crippen molar-refractivity contribution in [3.63, 3.8) is 0 Å². The third kappa shape index (κ3) is 3.27. The predicted molar refractivity (Wildman–Crippen MR) is 68.9 cm³/mol. The Hall–Kier alpha value is -1.63. The molecule has 7 nitrogen and oxygen atoms in total. The predicted octanol–water partition coefficient (Wildman–Crippen LogP) is -0.490. The van der Waals surface area contributed by atoms with Gasteiger partial charge in [0.1, 0.15) is 0 Å². The quantitative estimate of drug-likeness (QED) is 0.646. The third-order valence-electron chi connectivity index (χ3n) is 4.14.